The molecule has 0 saturated heterocycles. The summed E-state index contributed by atoms with van der Waals surface area (Å²) in [6.45, 7) is 0. The largest absolute Gasteiger partial charge is 0.456 e. The van der Waals surface area contributed by atoms with Crippen molar-refractivity contribution in [1.82, 2.24) is 15.0 Å². The monoisotopic (exact) mass is 799 g/mol. The smallest absolute Gasteiger partial charge is 0.164 e. The van der Waals surface area contributed by atoms with E-state index in [9.17, 15) is 5.48 Å². The molecule has 0 fully saturated rings. The van der Waals surface area contributed by atoms with Gasteiger partial charge in [0, 0.05) is 49.4 Å². The summed E-state index contributed by atoms with van der Waals surface area (Å²) in [4.78, 5) is 14.7. The summed E-state index contributed by atoms with van der Waals surface area (Å²) >= 11 is 0. The number of rotatable bonds is 7. The van der Waals surface area contributed by atoms with Crippen LogP contribution in [0.25, 0.3) is 123 Å². The first-order chi connectivity index (χ1) is 33.2. The minimum Gasteiger partial charge on any atom is -0.456 e. The van der Waals surface area contributed by atoms with E-state index < -0.39 is 0 Å². The summed E-state index contributed by atoms with van der Waals surface area (Å²) < 4.78 is 68.3. The van der Waals surface area contributed by atoms with Crippen molar-refractivity contribution in [3.63, 3.8) is 0 Å². The number of benzene rings is 9. The van der Waals surface area contributed by atoms with Crippen LogP contribution in [-0.2, 0) is 0 Å². The first kappa shape index (κ1) is 29.7. The van der Waals surface area contributed by atoms with Crippen molar-refractivity contribution in [3.05, 3.63) is 212 Å². The molecular formula is C57H35N3O2. The predicted octanol–water partition coefficient (Wildman–Crippen LogP) is 15.3. The molecule has 0 radical (unpaired) electrons. The first-order valence-corrected chi connectivity index (χ1v) is 20.3. The fourth-order valence-electron chi connectivity index (χ4n) is 8.13. The second-order valence-electron chi connectivity index (χ2n) is 15.0. The number of hydrogen-bond acceptors (Lipinski definition) is 5. The fourth-order valence-corrected chi connectivity index (χ4v) is 8.13. The molecule has 0 aliphatic carbocycles. The molecule has 3 aromatic heterocycles. The van der Waals surface area contributed by atoms with Crippen molar-refractivity contribution in [3.8, 4) is 78.7 Å². The standard InChI is InChI=1S/C57H35N3O2/c1-4-12-36(13-5-1)38-22-26-41(27-23-38)55-58-56(60-57(59-55)44-30-32-47-50-34-43(37-14-6-2-7-15-37)31-33-51(50)61-52(47)35-44)42-28-24-40(25-29-42)46-19-11-21-49-48-20-10-18-45(53(48)62-54(46)49)39-16-8-3-9-17-39/h1-35H/i30D,31D,32D,33D,34D,35D. The maximum absolute atomic E-state index is 9.55. The minimum atomic E-state index is -0.348. The normalized spacial score (nSPS) is 12.9. The van der Waals surface area contributed by atoms with Gasteiger partial charge < -0.3 is 8.83 Å². The zero-order chi connectivity index (χ0) is 46.2. The van der Waals surface area contributed by atoms with Crippen molar-refractivity contribution in [2.45, 2.75) is 0 Å². The van der Waals surface area contributed by atoms with Crippen LogP contribution in [0.15, 0.2) is 221 Å². The predicted molar refractivity (Wildman–Crippen MR) is 252 cm³/mol. The molecule has 12 aromatic rings. The van der Waals surface area contributed by atoms with Gasteiger partial charge in [-0.15, -0.1) is 0 Å². The van der Waals surface area contributed by atoms with Gasteiger partial charge in [-0.1, -0.05) is 188 Å². The summed E-state index contributed by atoms with van der Waals surface area (Å²) in [5, 5.41) is 2.18. The Bertz CT molecular complexity index is 3950. The van der Waals surface area contributed by atoms with Gasteiger partial charge in [0.25, 0.3) is 0 Å². The van der Waals surface area contributed by atoms with Gasteiger partial charge in [-0.3, -0.25) is 0 Å². The molecule has 0 N–H and O–H groups in total. The molecule has 0 spiro atoms. The number of aromatic nitrogens is 3. The Hall–Kier alpha value is -8.41. The molecule has 5 heteroatoms. The number of nitrogens with zero attached hydrogens (tertiary/aromatic N) is 3. The number of furan rings is 2. The van der Waals surface area contributed by atoms with Crippen molar-refractivity contribution in [2.24, 2.45) is 0 Å². The number of para-hydroxylation sites is 2. The molecule has 0 unspecified atom stereocenters. The molecule has 0 saturated carbocycles. The van der Waals surface area contributed by atoms with Gasteiger partial charge in [-0.25, -0.2) is 15.0 Å². The van der Waals surface area contributed by atoms with Gasteiger partial charge in [0.2, 0.25) is 0 Å². The number of hydrogen-bond donors (Lipinski definition) is 0. The number of fused-ring (bicyclic) bond motifs is 6. The Morgan fingerprint density at radius 2 is 0.742 bits per heavy atom. The van der Waals surface area contributed by atoms with Crippen LogP contribution in [0.2, 0.25) is 0 Å². The molecular weight excluding hydrogens is 759 g/mol. The second-order valence-corrected chi connectivity index (χ2v) is 15.0. The van der Waals surface area contributed by atoms with Crippen molar-refractivity contribution in [1.29, 1.82) is 0 Å². The Morgan fingerprint density at radius 3 is 1.32 bits per heavy atom. The van der Waals surface area contributed by atoms with Crippen LogP contribution in [0.4, 0.5) is 0 Å². The molecule has 0 aliphatic rings. The van der Waals surface area contributed by atoms with E-state index in [2.05, 4.69) is 36.4 Å². The third-order valence-corrected chi connectivity index (χ3v) is 11.2. The third kappa shape index (κ3) is 6.23. The zero-order valence-corrected chi connectivity index (χ0v) is 32.9. The first-order valence-electron chi connectivity index (χ1n) is 23.3. The summed E-state index contributed by atoms with van der Waals surface area (Å²) in [5.41, 5.74) is 9.36. The summed E-state index contributed by atoms with van der Waals surface area (Å²) in [6, 6.07) is 55.6. The molecule has 0 aliphatic heterocycles. The summed E-state index contributed by atoms with van der Waals surface area (Å²) in [7, 11) is 0. The van der Waals surface area contributed by atoms with E-state index in [0.717, 1.165) is 55.3 Å². The van der Waals surface area contributed by atoms with Crippen LogP contribution in [0.1, 0.15) is 8.22 Å². The van der Waals surface area contributed by atoms with Gasteiger partial charge in [-0.05, 0) is 57.6 Å². The second kappa shape index (κ2) is 14.7. The molecule has 290 valence electrons. The van der Waals surface area contributed by atoms with E-state index in [1.165, 1.54) is 0 Å². The molecule has 12 rings (SSSR count). The minimum absolute atomic E-state index is 0.0170. The van der Waals surface area contributed by atoms with Gasteiger partial charge in [0.1, 0.15) is 22.3 Å². The van der Waals surface area contributed by atoms with E-state index >= 15 is 0 Å². The lowest BCUT2D eigenvalue weighted by Crippen LogP contribution is -2.00. The lowest BCUT2D eigenvalue weighted by Gasteiger charge is -2.10. The topological polar surface area (TPSA) is 65.0 Å². The molecule has 5 nitrogen and oxygen atoms in total. The average Bonchev–Trinajstić information content (AvgIpc) is 3.99. The van der Waals surface area contributed by atoms with Gasteiger partial charge >= 0.3 is 0 Å². The van der Waals surface area contributed by atoms with Crippen LogP contribution in [0.3, 0.4) is 0 Å². The Labute approximate surface area is 365 Å². The van der Waals surface area contributed by atoms with Crippen LogP contribution >= 0.6 is 0 Å². The molecule has 0 bridgehead atoms. The average molecular weight is 800 g/mol. The quantitative estimate of drug-likeness (QED) is 0.161. The Morgan fingerprint density at radius 1 is 0.290 bits per heavy atom. The highest BCUT2D eigenvalue weighted by Gasteiger charge is 2.18. The van der Waals surface area contributed by atoms with E-state index in [4.69, 9.17) is 26.5 Å². The lowest BCUT2D eigenvalue weighted by atomic mass is 9.99. The van der Waals surface area contributed by atoms with E-state index in [-0.39, 0.29) is 81.0 Å². The Balaban J connectivity index is 1.01. The van der Waals surface area contributed by atoms with Gasteiger partial charge in [0.15, 0.2) is 17.5 Å². The molecule has 0 amide bonds. The SMILES string of the molecule is [2H]c1c(-c2ccccc2)c([2H])c2c(oc3c([2H])c(-c4nc(-c5ccc(-c6ccccc6)cc5)nc(-c5ccc(-c6cccc7c6oc6c(-c8ccccc8)cccc67)cc5)n4)c([2H])c([2H])c32)c1[2H]. The van der Waals surface area contributed by atoms with Crippen molar-refractivity contribution in [2.75, 3.05) is 0 Å². The highest BCUT2D eigenvalue weighted by Crippen LogP contribution is 2.41. The van der Waals surface area contributed by atoms with Crippen LogP contribution in [-0.4, -0.2) is 15.0 Å². The van der Waals surface area contributed by atoms with Crippen LogP contribution in [0.5, 0.6) is 0 Å². The summed E-state index contributed by atoms with van der Waals surface area (Å²) in [5.74, 6) is 0.552. The lowest BCUT2D eigenvalue weighted by molar-refractivity contribution is 0.669. The Kier molecular flexibility index (Phi) is 7.05. The van der Waals surface area contributed by atoms with Crippen molar-refractivity contribution >= 4 is 43.9 Å². The third-order valence-electron chi connectivity index (χ3n) is 11.2. The maximum atomic E-state index is 9.55. The molecule has 62 heavy (non-hydrogen) atoms. The van der Waals surface area contributed by atoms with Gasteiger partial charge in [-0.2, -0.15) is 0 Å². The highest BCUT2D eigenvalue weighted by molar-refractivity contribution is 6.13. The van der Waals surface area contributed by atoms with Crippen LogP contribution < -0.4 is 0 Å². The van der Waals surface area contributed by atoms with Crippen LogP contribution in [0, 0.1) is 0 Å². The fraction of sp³-hybridized carbons (Fsp3) is 0. The zero-order valence-electron chi connectivity index (χ0n) is 38.9. The van der Waals surface area contributed by atoms with E-state index in [0.29, 0.717) is 22.5 Å². The summed E-state index contributed by atoms with van der Waals surface area (Å²) in [6.07, 6.45) is 0. The van der Waals surface area contributed by atoms with E-state index in [1.807, 2.05) is 115 Å². The maximum Gasteiger partial charge on any atom is 0.164 e. The molecule has 0 atom stereocenters. The molecule has 3 heterocycles. The van der Waals surface area contributed by atoms with Gasteiger partial charge in [0.05, 0.1) is 8.22 Å². The molecule has 9 aromatic carbocycles. The van der Waals surface area contributed by atoms with E-state index in [1.54, 1.807) is 24.3 Å². The highest BCUT2D eigenvalue weighted by atomic mass is 16.3. The van der Waals surface area contributed by atoms with Crippen molar-refractivity contribution < 1.29 is 17.1 Å².